The Morgan fingerprint density at radius 2 is 2.09 bits per heavy atom. The van der Waals surface area contributed by atoms with Gasteiger partial charge >= 0.3 is 0 Å². The number of halogens is 1. The SMILES string of the molecule is CC(C)N1CCc2cc(F)c(C(=O)Nc3cccc(C(=N)N(C=N)C(C)CO)n3)cc2C1. The molecule has 8 nitrogen and oxygen atoms in total. The summed E-state index contributed by atoms with van der Waals surface area (Å²) in [6, 6.07) is 7.67. The fourth-order valence-corrected chi connectivity index (χ4v) is 3.67. The number of anilines is 1. The molecule has 1 aliphatic rings. The van der Waals surface area contributed by atoms with Crippen LogP contribution >= 0.6 is 0 Å². The predicted octanol–water partition coefficient (Wildman–Crippen LogP) is 2.85. The highest BCUT2D eigenvalue weighted by Crippen LogP contribution is 2.24. The van der Waals surface area contributed by atoms with Gasteiger partial charge in [0.2, 0.25) is 0 Å². The normalized spacial score (nSPS) is 14.6. The van der Waals surface area contributed by atoms with E-state index in [1.165, 1.54) is 11.0 Å². The number of benzene rings is 1. The maximum absolute atomic E-state index is 14.7. The summed E-state index contributed by atoms with van der Waals surface area (Å²) in [5.41, 5.74) is 2.03. The second kappa shape index (κ2) is 9.97. The number of rotatable bonds is 7. The van der Waals surface area contributed by atoms with Crippen LogP contribution in [0.4, 0.5) is 10.2 Å². The van der Waals surface area contributed by atoms with E-state index in [0.29, 0.717) is 12.6 Å². The molecule has 0 radical (unpaired) electrons. The summed E-state index contributed by atoms with van der Waals surface area (Å²) in [5, 5.41) is 27.7. The number of aromatic nitrogens is 1. The standard InChI is InChI=1S/C23H29FN6O2/c1-14(2)29-8-7-16-10-19(24)18(9-17(16)11-29)23(32)28-21-6-4-5-20(27-21)22(26)30(13-25)15(3)12-31/h4-6,9-10,13-15,25-26,31H,7-8,11-12H2,1-3H3,(H,27,28,32). The van der Waals surface area contributed by atoms with E-state index in [4.69, 9.17) is 10.8 Å². The third-order valence-corrected chi connectivity index (χ3v) is 5.68. The summed E-state index contributed by atoms with van der Waals surface area (Å²) in [6.45, 7) is 7.18. The lowest BCUT2D eigenvalue weighted by Crippen LogP contribution is -2.39. The zero-order valence-corrected chi connectivity index (χ0v) is 18.5. The van der Waals surface area contributed by atoms with Crippen LogP contribution in [0, 0.1) is 16.6 Å². The lowest BCUT2D eigenvalue weighted by molar-refractivity contribution is 0.102. The molecule has 2 aromatic rings. The highest BCUT2D eigenvalue weighted by molar-refractivity contribution is 6.05. The molecule has 0 saturated heterocycles. The van der Waals surface area contributed by atoms with Gasteiger partial charge in [-0.15, -0.1) is 0 Å². The highest BCUT2D eigenvalue weighted by atomic mass is 19.1. The summed E-state index contributed by atoms with van der Waals surface area (Å²) >= 11 is 0. The van der Waals surface area contributed by atoms with E-state index in [1.54, 1.807) is 31.2 Å². The third kappa shape index (κ3) is 5.00. The zero-order valence-electron chi connectivity index (χ0n) is 18.5. The van der Waals surface area contributed by atoms with E-state index < -0.39 is 17.8 Å². The van der Waals surface area contributed by atoms with Crippen LogP contribution in [0.1, 0.15) is 48.0 Å². The van der Waals surface area contributed by atoms with Crippen LogP contribution < -0.4 is 5.32 Å². The number of carbonyl (C=O) groups excluding carboxylic acids is 1. The molecule has 9 heteroatoms. The first-order valence-electron chi connectivity index (χ1n) is 10.6. The predicted molar refractivity (Wildman–Crippen MR) is 122 cm³/mol. The van der Waals surface area contributed by atoms with Crippen molar-refractivity contribution in [2.75, 3.05) is 18.5 Å². The Morgan fingerprint density at radius 3 is 2.75 bits per heavy atom. The number of fused-ring (bicyclic) bond motifs is 1. The number of hydrogen-bond donors (Lipinski definition) is 4. The van der Waals surface area contributed by atoms with Crippen LogP contribution in [0.15, 0.2) is 30.3 Å². The van der Waals surface area contributed by atoms with Crippen molar-refractivity contribution >= 4 is 23.9 Å². The van der Waals surface area contributed by atoms with E-state index in [9.17, 15) is 14.3 Å². The summed E-state index contributed by atoms with van der Waals surface area (Å²) in [7, 11) is 0. The molecule has 0 spiro atoms. The number of hydrogen-bond acceptors (Lipinski definition) is 6. The van der Waals surface area contributed by atoms with Crippen molar-refractivity contribution in [2.24, 2.45) is 0 Å². The molecular weight excluding hydrogens is 411 g/mol. The first-order chi connectivity index (χ1) is 15.2. The minimum atomic E-state index is -0.615. The summed E-state index contributed by atoms with van der Waals surface area (Å²) in [6.07, 6.45) is 1.69. The Balaban J connectivity index is 1.81. The molecular formula is C23H29FN6O2. The molecule has 4 N–H and O–H groups in total. The summed E-state index contributed by atoms with van der Waals surface area (Å²) < 4.78 is 14.7. The fraction of sp³-hybridized carbons (Fsp3) is 0.391. The molecule has 0 fully saturated rings. The summed E-state index contributed by atoms with van der Waals surface area (Å²) in [5.74, 6) is -1.11. The Bertz CT molecular complexity index is 1030. The monoisotopic (exact) mass is 440 g/mol. The maximum atomic E-state index is 14.7. The molecule has 2 heterocycles. The molecule has 170 valence electrons. The second-order valence-corrected chi connectivity index (χ2v) is 8.19. The highest BCUT2D eigenvalue weighted by Gasteiger charge is 2.23. The van der Waals surface area contributed by atoms with Crippen LogP contribution in [-0.4, -0.2) is 63.2 Å². The summed E-state index contributed by atoms with van der Waals surface area (Å²) in [4.78, 5) is 20.6. The van der Waals surface area contributed by atoms with Crippen molar-refractivity contribution < 1.29 is 14.3 Å². The number of amides is 1. The average molecular weight is 441 g/mol. The third-order valence-electron chi connectivity index (χ3n) is 5.68. The van der Waals surface area contributed by atoms with Gasteiger partial charge in [0, 0.05) is 19.1 Å². The largest absolute Gasteiger partial charge is 0.394 e. The van der Waals surface area contributed by atoms with E-state index in [-0.39, 0.29) is 29.5 Å². The van der Waals surface area contributed by atoms with Crippen LogP contribution in [0.25, 0.3) is 0 Å². The average Bonchev–Trinajstić information content (AvgIpc) is 2.78. The molecule has 1 unspecified atom stereocenters. The van der Waals surface area contributed by atoms with Crippen molar-refractivity contribution in [1.82, 2.24) is 14.8 Å². The van der Waals surface area contributed by atoms with Crippen LogP contribution in [0.5, 0.6) is 0 Å². The molecule has 32 heavy (non-hydrogen) atoms. The van der Waals surface area contributed by atoms with Gasteiger partial charge in [0.05, 0.1) is 24.6 Å². The minimum Gasteiger partial charge on any atom is -0.394 e. The molecule has 0 aliphatic carbocycles. The number of pyridine rings is 1. The smallest absolute Gasteiger partial charge is 0.259 e. The van der Waals surface area contributed by atoms with Crippen molar-refractivity contribution in [1.29, 1.82) is 10.8 Å². The number of aliphatic hydroxyl groups is 1. The molecule has 3 rings (SSSR count). The van der Waals surface area contributed by atoms with Crippen molar-refractivity contribution in [3.8, 4) is 0 Å². The number of nitrogens with zero attached hydrogens (tertiary/aromatic N) is 3. The first kappa shape index (κ1) is 23.5. The van der Waals surface area contributed by atoms with Gasteiger partial charge in [0.1, 0.15) is 17.3 Å². The van der Waals surface area contributed by atoms with Crippen molar-refractivity contribution in [3.05, 3.63) is 58.5 Å². The van der Waals surface area contributed by atoms with E-state index in [2.05, 4.69) is 29.0 Å². The van der Waals surface area contributed by atoms with E-state index in [0.717, 1.165) is 30.4 Å². The number of aliphatic hydroxyl groups excluding tert-OH is 1. The van der Waals surface area contributed by atoms with Crippen molar-refractivity contribution in [3.63, 3.8) is 0 Å². The zero-order chi connectivity index (χ0) is 23.4. The molecule has 1 aromatic heterocycles. The van der Waals surface area contributed by atoms with Gasteiger partial charge in [0.15, 0.2) is 5.84 Å². The Hall–Kier alpha value is -3.17. The maximum Gasteiger partial charge on any atom is 0.259 e. The van der Waals surface area contributed by atoms with Gasteiger partial charge in [-0.1, -0.05) is 6.07 Å². The number of nitrogens with one attached hydrogen (secondary N) is 3. The van der Waals surface area contributed by atoms with E-state index >= 15 is 0 Å². The van der Waals surface area contributed by atoms with Crippen LogP contribution in [0.2, 0.25) is 0 Å². The topological polar surface area (TPSA) is 116 Å². The Morgan fingerprint density at radius 1 is 1.34 bits per heavy atom. The van der Waals surface area contributed by atoms with Crippen LogP contribution in [-0.2, 0) is 13.0 Å². The second-order valence-electron chi connectivity index (χ2n) is 8.19. The molecule has 1 atom stereocenters. The van der Waals surface area contributed by atoms with Gasteiger partial charge in [-0.05, 0) is 62.6 Å². The van der Waals surface area contributed by atoms with Gasteiger partial charge < -0.3 is 15.3 Å². The van der Waals surface area contributed by atoms with Crippen LogP contribution in [0.3, 0.4) is 0 Å². The fourth-order valence-electron chi connectivity index (χ4n) is 3.67. The first-order valence-corrected chi connectivity index (χ1v) is 10.6. The molecule has 1 amide bonds. The minimum absolute atomic E-state index is 0.0494. The van der Waals surface area contributed by atoms with E-state index in [1.807, 2.05) is 0 Å². The molecule has 0 bridgehead atoms. The van der Waals surface area contributed by atoms with Gasteiger partial charge in [-0.2, -0.15) is 0 Å². The Kier molecular flexibility index (Phi) is 7.32. The van der Waals surface area contributed by atoms with Crippen molar-refractivity contribution in [2.45, 2.75) is 45.8 Å². The molecule has 1 aromatic carbocycles. The quantitative estimate of drug-likeness (QED) is 0.390. The lowest BCUT2D eigenvalue weighted by Gasteiger charge is -2.32. The Labute approximate surface area is 187 Å². The number of amidine groups is 1. The number of carbonyl (C=O) groups is 1. The lowest BCUT2D eigenvalue weighted by atomic mass is 9.96. The van der Waals surface area contributed by atoms with Gasteiger partial charge in [-0.25, -0.2) is 9.37 Å². The van der Waals surface area contributed by atoms with Gasteiger partial charge in [0.25, 0.3) is 5.91 Å². The van der Waals surface area contributed by atoms with Gasteiger partial charge in [-0.3, -0.25) is 20.5 Å². The molecule has 0 saturated carbocycles. The molecule has 1 aliphatic heterocycles.